The molecule has 1 fully saturated rings. The number of rotatable bonds is 4. The molecule has 0 spiro atoms. The molecule has 2 aromatic carbocycles. The zero-order valence-corrected chi connectivity index (χ0v) is 15.4. The van der Waals surface area contributed by atoms with E-state index in [1.54, 1.807) is 0 Å². The molecule has 2 aromatic rings. The van der Waals surface area contributed by atoms with Crippen LogP contribution in [0.2, 0.25) is 0 Å². The van der Waals surface area contributed by atoms with Gasteiger partial charge in [0.05, 0.1) is 25.2 Å². The van der Waals surface area contributed by atoms with E-state index in [1.165, 1.54) is 4.90 Å². The van der Waals surface area contributed by atoms with E-state index >= 15 is 0 Å². The van der Waals surface area contributed by atoms with Crippen LogP contribution >= 0.6 is 0 Å². The van der Waals surface area contributed by atoms with Gasteiger partial charge in [0.2, 0.25) is 0 Å². The minimum atomic E-state index is -1.20. The van der Waals surface area contributed by atoms with Crippen LogP contribution in [-0.2, 0) is 5.60 Å². The summed E-state index contributed by atoms with van der Waals surface area (Å²) in [5.41, 5.74) is -0.419. The second kappa shape index (κ2) is 6.91. The van der Waals surface area contributed by atoms with E-state index in [9.17, 15) is 10.2 Å². The Morgan fingerprint density at radius 3 is 1.96 bits per heavy atom. The molecule has 0 bridgehead atoms. The van der Waals surface area contributed by atoms with Crippen LogP contribution in [0, 0.1) is 5.92 Å². The van der Waals surface area contributed by atoms with E-state index in [-0.39, 0.29) is 5.92 Å². The molecule has 1 aliphatic rings. The average molecular weight is 340 g/mol. The Hall–Kier alpha value is -1.68. The molecule has 0 aromatic heterocycles. The van der Waals surface area contributed by atoms with Gasteiger partial charge in [-0.25, -0.2) is 0 Å². The van der Waals surface area contributed by atoms with Gasteiger partial charge in [-0.1, -0.05) is 67.6 Å². The van der Waals surface area contributed by atoms with Crippen LogP contribution < -0.4 is 4.90 Å². The van der Waals surface area contributed by atoms with Crippen LogP contribution in [0.3, 0.4) is 0 Å². The lowest BCUT2D eigenvalue weighted by Gasteiger charge is -2.47. The summed E-state index contributed by atoms with van der Waals surface area (Å²) in [5, 5.41) is 23.3. The van der Waals surface area contributed by atoms with Gasteiger partial charge in [-0.3, -0.25) is 0 Å². The Kier molecular flexibility index (Phi) is 5.01. The van der Waals surface area contributed by atoms with E-state index in [2.05, 4.69) is 20.9 Å². The highest BCUT2D eigenvalue weighted by atomic mass is 16.3. The van der Waals surface area contributed by atoms with E-state index in [0.717, 1.165) is 17.7 Å². The lowest BCUT2D eigenvalue weighted by molar-refractivity contribution is -0.916. The summed E-state index contributed by atoms with van der Waals surface area (Å²) in [6, 6.07) is 19.8. The maximum Gasteiger partial charge on any atom is 0.117 e. The zero-order chi connectivity index (χ0) is 18.1. The first-order valence-electron chi connectivity index (χ1n) is 9.23. The van der Waals surface area contributed by atoms with Crippen molar-refractivity contribution < 1.29 is 15.1 Å². The van der Waals surface area contributed by atoms with Crippen molar-refractivity contribution in [3.05, 3.63) is 71.8 Å². The van der Waals surface area contributed by atoms with E-state index in [4.69, 9.17) is 0 Å². The third kappa shape index (κ3) is 3.50. The lowest BCUT2D eigenvalue weighted by Crippen LogP contribution is -3.15. The van der Waals surface area contributed by atoms with Crippen LogP contribution in [0.15, 0.2) is 60.7 Å². The fourth-order valence-corrected chi connectivity index (χ4v) is 4.27. The number of aliphatic hydroxyl groups is 2. The topological polar surface area (TPSA) is 44.9 Å². The first-order valence-corrected chi connectivity index (χ1v) is 9.23. The summed E-state index contributed by atoms with van der Waals surface area (Å²) in [7, 11) is 2.18. The third-order valence-electron chi connectivity index (χ3n) is 6.11. The second-order valence-electron chi connectivity index (χ2n) is 7.93. The largest absolute Gasteiger partial charge is 0.389 e. The van der Waals surface area contributed by atoms with Crippen molar-refractivity contribution in [2.45, 2.75) is 43.9 Å². The van der Waals surface area contributed by atoms with Crippen LogP contribution in [0.5, 0.6) is 0 Å². The summed E-state index contributed by atoms with van der Waals surface area (Å²) >= 11 is 0. The van der Waals surface area contributed by atoms with Crippen LogP contribution in [0.25, 0.3) is 0 Å². The standard InChI is InChI=1S/C22H29NO2/c1-17-15-23(3)18(2)14-21(17,24)16-22(25,19-10-6-4-7-11-19)20-12-8-5-9-13-20/h4-13,17-18,24-25H,14-16H2,1-3H3/p+1/t17-,18+,21+/m1/s1. The number of piperidine rings is 1. The second-order valence-corrected chi connectivity index (χ2v) is 7.93. The van der Waals surface area contributed by atoms with E-state index in [0.29, 0.717) is 18.9 Å². The summed E-state index contributed by atoms with van der Waals surface area (Å²) in [6.07, 6.45) is 1.01. The van der Waals surface area contributed by atoms with Crippen molar-refractivity contribution in [2.24, 2.45) is 5.92 Å². The number of benzene rings is 2. The Bertz CT molecular complexity index is 648. The molecule has 0 aliphatic carbocycles. The highest BCUT2D eigenvalue weighted by Gasteiger charge is 2.49. The Balaban J connectivity index is 2.02. The number of likely N-dealkylation sites (tertiary alicyclic amines) is 1. The maximum atomic E-state index is 11.8. The van der Waals surface area contributed by atoms with Gasteiger partial charge in [0.1, 0.15) is 5.60 Å². The Labute approximate surface area is 150 Å². The summed E-state index contributed by atoms with van der Waals surface area (Å²) in [4.78, 5) is 1.44. The first-order chi connectivity index (χ1) is 11.8. The fraction of sp³-hybridized carbons (Fsp3) is 0.455. The molecule has 3 nitrogen and oxygen atoms in total. The smallest absolute Gasteiger partial charge is 0.117 e. The fourth-order valence-electron chi connectivity index (χ4n) is 4.27. The minimum absolute atomic E-state index is 0.127. The van der Waals surface area contributed by atoms with Gasteiger partial charge in [0.15, 0.2) is 0 Å². The predicted molar refractivity (Wildman–Crippen MR) is 100 cm³/mol. The van der Waals surface area contributed by atoms with Crippen molar-refractivity contribution in [1.29, 1.82) is 0 Å². The van der Waals surface area contributed by atoms with Gasteiger partial charge < -0.3 is 15.1 Å². The van der Waals surface area contributed by atoms with Crippen LogP contribution in [0.4, 0.5) is 0 Å². The molecule has 25 heavy (non-hydrogen) atoms. The number of nitrogens with one attached hydrogen (secondary N) is 1. The Morgan fingerprint density at radius 1 is 1.00 bits per heavy atom. The van der Waals surface area contributed by atoms with Gasteiger partial charge in [-0.15, -0.1) is 0 Å². The normalized spacial score (nSPS) is 30.2. The monoisotopic (exact) mass is 340 g/mol. The van der Waals surface area contributed by atoms with Crippen molar-refractivity contribution in [1.82, 2.24) is 0 Å². The predicted octanol–water partition coefficient (Wildman–Crippen LogP) is 1.99. The average Bonchev–Trinajstić information content (AvgIpc) is 2.61. The third-order valence-corrected chi connectivity index (χ3v) is 6.11. The number of hydrogen-bond donors (Lipinski definition) is 3. The molecule has 1 heterocycles. The van der Waals surface area contributed by atoms with Crippen molar-refractivity contribution in [3.63, 3.8) is 0 Å². The molecule has 1 unspecified atom stereocenters. The number of quaternary nitrogens is 1. The Morgan fingerprint density at radius 2 is 1.48 bits per heavy atom. The van der Waals surface area contributed by atoms with Gasteiger partial charge in [0.25, 0.3) is 0 Å². The molecule has 4 atom stereocenters. The quantitative estimate of drug-likeness (QED) is 0.797. The zero-order valence-electron chi connectivity index (χ0n) is 15.4. The SMILES string of the molecule is C[C@@H]1C[NH+](C)[C@@H](C)C[C@]1(O)CC(O)(c1ccccc1)c1ccccc1. The lowest BCUT2D eigenvalue weighted by atomic mass is 9.69. The van der Waals surface area contributed by atoms with Gasteiger partial charge in [-0.2, -0.15) is 0 Å². The number of hydrogen-bond acceptors (Lipinski definition) is 2. The molecular weight excluding hydrogens is 310 g/mol. The summed E-state index contributed by atoms with van der Waals surface area (Å²) in [6.45, 7) is 5.19. The van der Waals surface area contributed by atoms with E-state index < -0.39 is 11.2 Å². The van der Waals surface area contributed by atoms with Crippen molar-refractivity contribution in [2.75, 3.05) is 13.6 Å². The molecular formula is C22H30NO2+. The summed E-state index contributed by atoms with van der Waals surface area (Å²) in [5.74, 6) is 0.127. The maximum absolute atomic E-state index is 11.8. The molecule has 3 rings (SSSR count). The first kappa shape index (κ1) is 18.1. The molecule has 3 N–H and O–H groups in total. The van der Waals surface area contributed by atoms with E-state index in [1.807, 2.05) is 60.7 Å². The van der Waals surface area contributed by atoms with Gasteiger partial charge >= 0.3 is 0 Å². The van der Waals surface area contributed by atoms with Crippen molar-refractivity contribution in [3.8, 4) is 0 Å². The minimum Gasteiger partial charge on any atom is -0.389 e. The molecule has 0 radical (unpaired) electrons. The molecule has 3 heteroatoms. The highest BCUT2D eigenvalue weighted by Crippen LogP contribution is 2.41. The van der Waals surface area contributed by atoms with Crippen molar-refractivity contribution >= 4 is 0 Å². The van der Waals surface area contributed by atoms with Gasteiger partial charge in [0, 0.05) is 18.8 Å². The highest BCUT2D eigenvalue weighted by molar-refractivity contribution is 5.36. The molecule has 1 saturated heterocycles. The van der Waals surface area contributed by atoms with Crippen LogP contribution in [-0.4, -0.2) is 35.4 Å². The molecule has 0 saturated carbocycles. The molecule has 1 aliphatic heterocycles. The molecule has 134 valence electrons. The summed E-state index contributed by atoms with van der Waals surface area (Å²) < 4.78 is 0. The molecule has 0 amide bonds. The van der Waals surface area contributed by atoms with Crippen LogP contribution in [0.1, 0.15) is 37.8 Å². The van der Waals surface area contributed by atoms with Gasteiger partial charge in [-0.05, 0) is 18.1 Å².